The summed E-state index contributed by atoms with van der Waals surface area (Å²) in [5.74, 6) is -0.630. The van der Waals surface area contributed by atoms with Crippen LogP contribution in [-0.2, 0) is 14.9 Å². The third kappa shape index (κ3) is 3.24. The lowest BCUT2D eigenvalue weighted by molar-refractivity contribution is -0.148. The molecule has 0 N–H and O–H groups in total. The van der Waals surface area contributed by atoms with Crippen molar-refractivity contribution in [3.63, 3.8) is 0 Å². The summed E-state index contributed by atoms with van der Waals surface area (Å²) in [7, 11) is 0. The molecule has 0 aliphatic carbocycles. The van der Waals surface area contributed by atoms with E-state index in [4.69, 9.17) is 21.6 Å². The third-order valence-corrected chi connectivity index (χ3v) is 3.02. The second-order valence-electron chi connectivity index (χ2n) is 3.90. The van der Waals surface area contributed by atoms with Crippen molar-refractivity contribution >= 4 is 17.6 Å². The molecule has 98 valence electrons. The van der Waals surface area contributed by atoms with Crippen LogP contribution in [0.15, 0.2) is 24.3 Å². The molecule has 1 rings (SSSR count). The van der Waals surface area contributed by atoms with Crippen LogP contribution in [0.1, 0.15) is 25.3 Å². The quantitative estimate of drug-likeness (QED) is 0.775. The van der Waals surface area contributed by atoms with Gasteiger partial charge in [0.2, 0.25) is 0 Å². The summed E-state index contributed by atoms with van der Waals surface area (Å²) >= 11 is 5.80. The summed E-state index contributed by atoms with van der Waals surface area (Å²) in [6.07, 6.45) is 0.190. The maximum absolute atomic E-state index is 12.1. The zero-order valence-corrected chi connectivity index (χ0v) is 11.3. The fourth-order valence-electron chi connectivity index (χ4n) is 1.76. The number of esters is 1. The summed E-state index contributed by atoms with van der Waals surface area (Å²) < 4.78 is 4.98. The number of hydrogen-bond acceptors (Lipinski definition) is 4. The van der Waals surface area contributed by atoms with Crippen LogP contribution in [0.3, 0.4) is 0 Å². The summed E-state index contributed by atoms with van der Waals surface area (Å²) in [6.45, 7) is 1.86. The Morgan fingerprint density at radius 2 is 2.00 bits per heavy atom. The minimum absolute atomic E-state index is 0.0923. The number of halogens is 1. The topological polar surface area (TPSA) is 73.9 Å². The Morgan fingerprint density at radius 3 is 2.47 bits per heavy atom. The molecule has 0 saturated heterocycles. The number of hydrogen-bond donors (Lipinski definition) is 0. The van der Waals surface area contributed by atoms with Gasteiger partial charge in [0, 0.05) is 11.4 Å². The lowest BCUT2D eigenvalue weighted by atomic mass is 9.78. The largest absolute Gasteiger partial charge is 0.465 e. The van der Waals surface area contributed by atoms with Crippen molar-refractivity contribution in [3.05, 3.63) is 34.9 Å². The molecule has 0 aliphatic rings. The van der Waals surface area contributed by atoms with E-state index in [0.29, 0.717) is 10.6 Å². The van der Waals surface area contributed by atoms with Gasteiger partial charge < -0.3 is 4.74 Å². The van der Waals surface area contributed by atoms with Crippen LogP contribution in [-0.4, -0.2) is 12.6 Å². The van der Waals surface area contributed by atoms with Gasteiger partial charge in [0.15, 0.2) is 5.41 Å². The average molecular weight is 277 g/mol. The monoisotopic (exact) mass is 276 g/mol. The molecule has 1 aromatic rings. The van der Waals surface area contributed by atoms with Crippen LogP contribution in [0.5, 0.6) is 0 Å². The molecule has 1 aromatic carbocycles. The van der Waals surface area contributed by atoms with E-state index in [1.54, 1.807) is 31.2 Å². The molecule has 0 aliphatic heterocycles. The molecule has 4 nitrogen and oxygen atoms in total. The van der Waals surface area contributed by atoms with Gasteiger partial charge in [-0.3, -0.25) is 0 Å². The van der Waals surface area contributed by atoms with Gasteiger partial charge in [-0.15, -0.1) is 0 Å². The highest BCUT2D eigenvalue weighted by Gasteiger charge is 2.41. The number of nitrogens with zero attached hydrogens (tertiary/aromatic N) is 2. The van der Waals surface area contributed by atoms with E-state index in [9.17, 15) is 10.1 Å². The van der Waals surface area contributed by atoms with Crippen molar-refractivity contribution in [2.45, 2.75) is 25.2 Å². The fourth-order valence-corrected chi connectivity index (χ4v) is 1.89. The zero-order valence-electron chi connectivity index (χ0n) is 10.5. The lowest BCUT2D eigenvalue weighted by Crippen LogP contribution is -2.36. The first-order valence-electron chi connectivity index (χ1n) is 5.82. The van der Waals surface area contributed by atoms with Gasteiger partial charge in [0.1, 0.15) is 0 Å². The molecule has 0 aromatic heterocycles. The third-order valence-electron chi connectivity index (χ3n) is 2.76. The minimum atomic E-state index is -1.45. The first kappa shape index (κ1) is 15.0. The van der Waals surface area contributed by atoms with Gasteiger partial charge in [0.05, 0.1) is 18.7 Å². The highest BCUT2D eigenvalue weighted by atomic mass is 35.5. The highest BCUT2D eigenvalue weighted by molar-refractivity contribution is 6.30. The Bertz CT molecular complexity index is 528. The Morgan fingerprint density at radius 1 is 1.37 bits per heavy atom. The van der Waals surface area contributed by atoms with E-state index < -0.39 is 11.4 Å². The number of carbonyl (C=O) groups excluding carboxylic acids is 1. The van der Waals surface area contributed by atoms with Crippen LogP contribution >= 0.6 is 11.6 Å². The van der Waals surface area contributed by atoms with Gasteiger partial charge >= 0.3 is 5.97 Å². The maximum Gasteiger partial charge on any atom is 0.331 e. The van der Waals surface area contributed by atoms with Gasteiger partial charge in [-0.05, 0) is 31.0 Å². The van der Waals surface area contributed by atoms with Crippen LogP contribution in [0, 0.1) is 22.7 Å². The van der Waals surface area contributed by atoms with E-state index in [1.807, 2.05) is 12.1 Å². The average Bonchev–Trinajstić information content (AvgIpc) is 2.42. The molecule has 0 heterocycles. The van der Waals surface area contributed by atoms with Crippen LogP contribution in [0.25, 0.3) is 0 Å². The van der Waals surface area contributed by atoms with Crippen molar-refractivity contribution in [2.24, 2.45) is 0 Å². The van der Waals surface area contributed by atoms with E-state index in [-0.39, 0.29) is 19.4 Å². The van der Waals surface area contributed by atoms with Crippen molar-refractivity contribution in [1.82, 2.24) is 0 Å². The normalized spacial score (nSPS) is 12.8. The summed E-state index contributed by atoms with van der Waals surface area (Å²) in [6, 6.07) is 10.4. The van der Waals surface area contributed by atoms with E-state index in [1.165, 1.54) is 0 Å². The fraction of sp³-hybridized carbons (Fsp3) is 0.357. The van der Waals surface area contributed by atoms with Crippen molar-refractivity contribution in [3.8, 4) is 12.1 Å². The summed E-state index contributed by atoms with van der Waals surface area (Å²) in [5.41, 5.74) is -0.954. The van der Waals surface area contributed by atoms with Gasteiger partial charge in [-0.1, -0.05) is 23.7 Å². The summed E-state index contributed by atoms with van der Waals surface area (Å²) in [4.78, 5) is 12.1. The number of nitriles is 2. The zero-order chi connectivity index (χ0) is 14.3. The molecule has 0 amide bonds. The van der Waals surface area contributed by atoms with Crippen molar-refractivity contribution in [2.75, 3.05) is 6.61 Å². The first-order valence-corrected chi connectivity index (χ1v) is 6.20. The molecule has 19 heavy (non-hydrogen) atoms. The van der Waals surface area contributed by atoms with Crippen LogP contribution in [0.2, 0.25) is 5.02 Å². The minimum Gasteiger partial charge on any atom is -0.465 e. The lowest BCUT2D eigenvalue weighted by Gasteiger charge is -2.23. The predicted octanol–water partition coefficient (Wildman–Crippen LogP) is 2.97. The van der Waals surface area contributed by atoms with Crippen molar-refractivity contribution in [1.29, 1.82) is 10.5 Å². The maximum atomic E-state index is 12.1. The van der Waals surface area contributed by atoms with Crippen LogP contribution in [0.4, 0.5) is 0 Å². The SMILES string of the molecule is CCOC(=O)[C@](C#N)(CCC#N)c1ccc(Cl)cc1. The molecule has 0 bridgehead atoms. The second-order valence-corrected chi connectivity index (χ2v) is 4.34. The van der Waals surface area contributed by atoms with Gasteiger partial charge in [-0.25, -0.2) is 4.79 Å². The Labute approximate surface area is 117 Å². The van der Waals surface area contributed by atoms with E-state index >= 15 is 0 Å². The predicted molar refractivity (Wildman–Crippen MR) is 70.2 cm³/mol. The number of ether oxygens (including phenoxy) is 1. The van der Waals surface area contributed by atoms with Gasteiger partial charge in [0.25, 0.3) is 0 Å². The molecular weight excluding hydrogens is 264 g/mol. The van der Waals surface area contributed by atoms with Gasteiger partial charge in [-0.2, -0.15) is 10.5 Å². The molecule has 0 radical (unpaired) electrons. The molecule has 0 spiro atoms. The molecule has 1 atom stereocenters. The van der Waals surface area contributed by atoms with E-state index in [0.717, 1.165) is 0 Å². The number of benzene rings is 1. The number of rotatable bonds is 5. The summed E-state index contributed by atoms with van der Waals surface area (Å²) in [5, 5.41) is 18.6. The first-order chi connectivity index (χ1) is 9.10. The Hall–Kier alpha value is -2.04. The second kappa shape index (κ2) is 6.78. The van der Waals surface area contributed by atoms with Crippen LogP contribution < -0.4 is 0 Å². The van der Waals surface area contributed by atoms with Crippen molar-refractivity contribution < 1.29 is 9.53 Å². The number of carbonyl (C=O) groups is 1. The molecule has 0 saturated carbocycles. The molecule has 5 heteroatoms. The Kier molecular flexibility index (Phi) is 5.36. The Balaban J connectivity index is 3.24. The highest BCUT2D eigenvalue weighted by Crippen LogP contribution is 2.31. The van der Waals surface area contributed by atoms with E-state index in [2.05, 4.69) is 0 Å². The smallest absolute Gasteiger partial charge is 0.331 e. The molecule has 0 unspecified atom stereocenters. The standard InChI is InChI=1S/C14H13ClN2O2/c1-2-19-13(18)14(10-17,8-3-9-16)11-4-6-12(15)7-5-11/h4-7H,2-3,8H2,1H3/t14-/m0/s1. The molecular formula is C14H13ClN2O2. The molecule has 0 fully saturated rings.